The lowest BCUT2D eigenvalue weighted by molar-refractivity contribution is -0.385. The third kappa shape index (κ3) is 5.17. The van der Waals surface area contributed by atoms with E-state index in [2.05, 4.69) is 20.0 Å². The highest BCUT2D eigenvalue weighted by Crippen LogP contribution is 2.07. The Labute approximate surface area is 97.5 Å². The monoisotopic (exact) mass is 261 g/mol. The fourth-order valence-corrected chi connectivity index (χ4v) is 1.39. The van der Waals surface area contributed by atoms with Crippen LogP contribution in [0.1, 0.15) is 0 Å². The maximum absolute atomic E-state index is 10.7. The van der Waals surface area contributed by atoms with Gasteiger partial charge >= 0.3 is 5.69 Å². The van der Waals surface area contributed by atoms with Gasteiger partial charge in [-0.1, -0.05) is 0 Å². The fourth-order valence-electron chi connectivity index (χ4n) is 0.918. The van der Waals surface area contributed by atoms with Crippen molar-refractivity contribution in [2.24, 2.45) is 0 Å². The van der Waals surface area contributed by atoms with Crippen LogP contribution in [0.25, 0.3) is 0 Å². The molecule has 0 fully saturated rings. The molecule has 1 heterocycles. The predicted molar refractivity (Wildman–Crippen MR) is 60.0 cm³/mol. The first-order valence-corrected chi connectivity index (χ1v) is 6.42. The maximum atomic E-state index is 10.7. The van der Waals surface area contributed by atoms with E-state index < -0.39 is 14.9 Å². The summed E-state index contributed by atoms with van der Waals surface area (Å²) in [6.07, 6.45) is 3.19. The summed E-state index contributed by atoms with van der Waals surface area (Å²) in [5.74, 6) is 0.200. The van der Waals surface area contributed by atoms with Gasteiger partial charge in [0.15, 0.2) is 0 Å². The summed E-state index contributed by atoms with van der Waals surface area (Å²) in [5, 5.41) is 13.0. The van der Waals surface area contributed by atoms with E-state index in [4.69, 9.17) is 0 Å². The summed E-state index contributed by atoms with van der Waals surface area (Å²) in [6.45, 7) is 0.462. The minimum absolute atomic E-state index is 0.180. The Bertz CT molecular complexity index is 485. The van der Waals surface area contributed by atoms with Crippen LogP contribution in [0.4, 0.5) is 11.6 Å². The Morgan fingerprint density at radius 2 is 1.94 bits per heavy atom. The van der Waals surface area contributed by atoms with E-state index in [0.29, 0.717) is 0 Å². The SMILES string of the molecule is CS(=O)(=O)NCCNc1ncc([N+](=O)[O-])cn1. The van der Waals surface area contributed by atoms with Crippen LogP contribution in [-0.4, -0.2) is 42.7 Å². The minimum Gasteiger partial charge on any atom is -0.353 e. The Hall–Kier alpha value is -1.81. The molecule has 0 unspecified atom stereocenters. The van der Waals surface area contributed by atoms with Gasteiger partial charge < -0.3 is 5.32 Å². The van der Waals surface area contributed by atoms with Crippen LogP contribution in [0.3, 0.4) is 0 Å². The number of sulfonamides is 1. The van der Waals surface area contributed by atoms with Crippen LogP contribution >= 0.6 is 0 Å². The van der Waals surface area contributed by atoms with Gasteiger partial charge in [0, 0.05) is 13.1 Å². The highest BCUT2D eigenvalue weighted by atomic mass is 32.2. The quantitative estimate of drug-likeness (QED) is 0.395. The molecule has 0 aromatic carbocycles. The Morgan fingerprint density at radius 3 is 2.41 bits per heavy atom. The molecule has 0 spiro atoms. The van der Waals surface area contributed by atoms with Gasteiger partial charge in [0.05, 0.1) is 11.2 Å². The smallest absolute Gasteiger partial charge is 0.305 e. The molecule has 0 aliphatic heterocycles. The maximum Gasteiger partial charge on any atom is 0.305 e. The van der Waals surface area contributed by atoms with Crippen molar-refractivity contribution in [3.63, 3.8) is 0 Å². The minimum atomic E-state index is -3.22. The zero-order valence-corrected chi connectivity index (χ0v) is 9.77. The lowest BCUT2D eigenvalue weighted by atomic mass is 10.5. The van der Waals surface area contributed by atoms with Crippen molar-refractivity contribution >= 4 is 21.7 Å². The largest absolute Gasteiger partial charge is 0.353 e. The van der Waals surface area contributed by atoms with Crippen molar-refractivity contribution in [2.75, 3.05) is 24.7 Å². The van der Waals surface area contributed by atoms with E-state index in [-0.39, 0.29) is 24.7 Å². The number of anilines is 1. The number of hydrogen-bond donors (Lipinski definition) is 2. The zero-order valence-electron chi connectivity index (χ0n) is 8.95. The molecule has 1 aromatic heterocycles. The second-order valence-corrected chi connectivity index (χ2v) is 4.95. The number of rotatable bonds is 6. The van der Waals surface area contributed by atoms with Gasteiger partial charge in [-0.15, -0.1) is 0 Å². The normalized spacial score (nSPS) is 11.1. The summed E-state index contributed by atoms with van der Waals surface area (Å²) < 4.78 is 23.7. The average molecular weight is 261 g/mol. The Kier molecular flexibility index (Phi) is 4.29. The first-order chi connectivity index (χ1) is 7.88. The van der Waals surface area contributed by atoms with E-state index in [9.17, 15) is 18.5 Å². The highest BCUT2D eigenvalue weighted by molar-refractivity contribution is 7.88. The second kappa shape index (κ2) is 5.50. The molecule has 1 rings (SSSR count). The molecule has 0 bridgehead atoms. The summed E-state index contributed by atoms with van der Waals surface area (Å²) in [6, 6.07) is 0. The van der Waals surface area contributed by atoms with Crippen molar-refractivity contribution < 1.29 is 13.3 Å². The van der Waals surface area contributed by atoms with E-state index in [1.165, 1.54) is 0 Å². The molecule has 9 nitrogen and oxygen atoms in total. The van der Waals surface area contributed by atoms with E-state index in [0.717, 1.165) is 18.6 Å². The molecule has 94 valence electrons. The average Bonchev–Trinajstić information content (AvgIpc) is 2.24. The number of nitrogens with zero attached hydrogens (tertiary/aromatic N) is 3. The van der Waals surface area contributed by atoms with Crippen molar-refractivity contribution in [1.82, 2.24) is 14.7 Å². The van der Waals surface area contributed by atoms with Crippen LogP contribution in [0, 0.1) is 10.1 Å². The fraction of sp³-hybridized carbons (Fsp3) is 0.429. The lowest BCUT2D eigenvalue weighted by Gasteiger charge is -2.04. The van der Waals surface area contributed by atoms with Crippen molar-refractivity contribution in [3.8, 4) is 0 Å². The number of aromatic nitrogens is 2. The summed E-state index contributed by atoms with van der Waals surface area (Å²) in [4.78, 5) is 17.1. The predicted octanol–water partition coefficient (Wildman–Crippen LogP) is -0.654. The molecule has 17 heavy (non-hydrogen) atoms. The summed E-state index contributed by atoms with van der Waals surface area (Å²) in [5.41, 5.74) is -0.204. The van der Waals surface area contributed by atoms with Gasteiger partial charge in [-0.3, -0.25) is 10.1 Å². The molecular formula is C7H11N5O4S. The van der Waals surface area contributed by atoms with Crippen LogP contribution in [0.5, 0.6) is 0 Å². The van der Waals surface area contributed by atoms with Crippen molar-refractivity contribution in [3.05, 3.63) is 22.5 Å². The van der Waals surface area contributed by atoms with Gasteiger partial charge in [0.25, 0.3) is 0 Å². The molecule has 10 heteroatoms. The molecule has 0 amide bonds. The van der Waals surface area contributed by atoms with Crippen LogP contribution in [0.15, 0.2) is 12.4 Å². The molecule has 2 N–H and O–H groups in total. The van der Waals surface area contributed by atoms with Crippen LogP contribution in [-0.2, 0) is 10.0 Å². The summed E-state index contributed by atoms with van der Waals surface area (Å²) >= 11 is 0. The summed E-state index contributed by atoms with van der Waals surface area (Å²) in [7, 11) is -3.22. The molecular weight excluding hydrogens is 250 g/mol. The first kappa shape index (κ1) is 13.3. The highest BCUT2D eigenvalue weighted by Gasteiger charge is 2.06. The zero-order chi connectivity index (χ0) is 12.9. The van der Waals surface area contributed by atoms with Gasteiger partial charge in [-0.05, 0) is 0 Å². The van der Waals surface area contributed by atoms with Gasteiger partial charge in [0.2, 0.25) is 16.0 Å². The van der Waals surface area contributed by atoms with E-state index in [1.807, 2.05) is 0 Å². The molecule has 0 radical (unpaired) electrons. The van der Waals surface area contributed by atoms with Crippen LogP contribution < -0.4 is 10.0 Å². The Morgan fingerprint density at radius 1 is 1.35 bits per heavy atom. The van der Waals surface area contributed by atoms with Gasteiger partial charge in [0.1, 0.15) is 12.4 Å². The molecule has 0 saturated heterocycles. The Balaban J connectivity index is 2.40. The van der Waals surface area contributed by atoms with Gasteiger partial charge in [-0.2, -0.15) is 0 Å². The molecule has 0 saturated carbocycles. The second-order valence-electron chi connectivity index (χ2n) is 3.12. The number of nitro groups is 1. The topological polar surface area (TPSA) is 127 Å². The van der Waals surface area contributed by atoms with E-state index in [1.54, 1.807) is 0 Å². The lowest BCUT2D eigenvalue weighted by Crippen LogP contribution is -2.27. The van der Waals surface area contributed by atoms with Crippen molar-refractivity contribution in [2.45, 2.75) is 0 Å². The van der Waals surface area contributed by atoms with Gasteiger partial charge in [-0.25, -0.2) is 23.1 Å². The number of nitrogens with one attached hydrogen (secondary N) is 2. The van der Waals surface area contributed by atoms with Crippen molar-refractivity contribution in [1.29, 1.82) is 0 Å². The van der Waals surface area contributed by atoms with Crippen LogP contribution in [0.2, 0.25) is 0 Å². The third-order valence-electron chi connectivity index (χ3n) is 1.62. The molecule has 0 atom stereocenters. The molecule has 1 aromatic rings. The molecule has 0 aliphatic carbocycles. The first-order valence-electron chi connectivity index (χ1n) is 4.53. The standard InChI is InChI=1S/C7H11N5O4S/c1-17(15,16)11-3-2-8-7-9-4-6(5-10-7)12(13)14/h4-5,11H,2-3H2,1H3,(H,8,9,10). The molecule has 0 aliphatic rings. The number of hydrogen-bond acceptors (Lipinski definition) is 7. The third-order valence-corrected chi connectivity index (χ3v) is 2.35. The van der Waals surface area contributed by atoms with E-state index >= 15 is 0 Å².